The van der Waals surface area contributed by atoms with Gasteiger partial charge in [-0.3, -0.25) is 4.79 Å². The Hall–Kier alpha value is -0.570. The maximum absolute atomic E-state index is 11.6. The lowest BCUT2D eigenvalue weighted by atomic mass is 9.99. The molecule has 0 radical (unpaired) electrons. The van der Waals surface area contributed by atoms with Crippen molar-refractivity contribution in [1.82, 2.24) is 10.2 Å². The molecule has 0 aliphatic carbocycles. The molecule has 0 aromatic rings. The molecule has 1 fully saturated rings. The van der Waals surface area contributed by atoms with Crippen molar-refractivity contribution in [2.45, 2.75) is 52.4 Å². The topological polar surface area (TPSA) is 32.3 Å². The molecule has 0 aromatic heterocycles. The van der Waals surface area contributed by atoms with Crippen molar-refractivity contribution in [2.75, 3.05) is 26.2 Å². The van der Waals surface area contributed by atoms with Crippen molar-refractivity contribution in [2.24, 2.45) is 5.92 Å². The summed E-state index contributed by atoms with van der Waals surface area (Å²) in [4.78, 5) is 14.0. The summed E-state index contributed by atoms with van der Waals surface area (Å²) in [5.74, 6) is 1.09. The van der Waals surface area contributed by atoms with Gasteiger partial charge in [0.05, 0.1) is 0 Å². The summed E-state index contributed by atoms with van der Waals surface area (Å²) < 4.78 is 0. The fraction of sp³-hybridized carbons (Fsp3) is 0.929. The van der Waals surface area contributed by atoms with E-state index in [-0.39, 0.29) is 5.91 Å². The molecule has 3 heteroatoms. The third-order valence-electron chi connectivity index (χ3n) is 3.63. The van der Waals surface area contributed by atoms with Gasteiger partial charge < -0.3 is 10.2 Å². The number of unbranched alkanes of at least 4 members (excludes halogenated alkanes) is 2. The summed E-state index contributed by atoms with van der Waals surface area (Å²) in [6.07, 6.45) is 6.78. The number of rotatable bonds is 7. The average Bonchev–Trinajstić information content (AvgIpc) is 2.34. The predicted molar refractivity (Wildman–Crippen MR) is 72.0 cm³/mol. The third kappa shape index (κ3) is 6.67. The second kappa shape index (κ2) is 8.51. The number of carbonyl (C=O) groups excluding carboxylic acids is 1. The van der Waals surface area contributed by atoms with E-state index in [0.29, 0.717) is 6.42 Å². The van der Waals surface area contributed by atoms with Crippen LogP contribution >= 0.6 is 0 Å². The van der Waals surface area contributed by atoms with E-state index in [1.807, 2.05) is 0 Å². The minimum atomic E-state index is 0.222. The second-order valence-electron chi connectivity index (χ2n) is 5.33. The summed E-state index contributed by atoms with van der Waals surface area (Å²) in [5, 5.41) is 3.00. The lowest BCUT2D eigenvalue weighted by Gasteiger charge is -2.29. The number of nitrogens with one attached hydrogen (secondary N) is 1. The number of amides is 1. The van der Waals surface area contributed by atoms with Crippen LogP contribution in [0.3, 0.4) is 0 Å². The van der Waals surface area contributed by atoms with E-state index in [4.69, 9.17) is 0 Å². The van der Waals surface area contributed by atoms with Crippen molar-refractivity contribution >= 4 is 5.91 Å². The lowest BCUT2D eigenvalue weighted by Crippen LogP contribution is -2.36. The Labute approximate surface area is 106 Å². The Bertz CT molecular complexity index is 210. The first-order valence-electron chi connectivity index (χ1n) is 7.21. The van der Waals surface area contributed by atoms with E-state index in [1.54, 1.807) is 0 Å². The van der Waals surface area contributed by atoms with Crippen LogP contribution in [0.15, 0.2) is 0 Å². The van der Waals surface area contributed by atoms with Gasteiger partial charge in [-0.1, -0.05) is 26.7 Å². The highest BCUT2D eigenvalue weighted by atomic mass is 16.1. The van der Waals surface area contributed by atoms with Gasteiger partial charge in [-0.05, 0) is 38.3 Å². The molecule has 3 nitrogen and oxygen atoms in total. The number of likely N-dealkylation sites (tertiary alicyclic amines) is 1. The van der Waals surface area contributed by atoms with Crippen LogP contribution in [0.2, 0.25) is 0 Å². The molecule has 1 heterocycles. The molecule has 100 valence electrons. The van der Waals surface area contributed by atoms with Crippen molar-refractivity contribution < 1.29 is 4.79 Å². The van der Waals surface area contributed by atoms with Gasteiger partial charge in [-0.15, -0.1) is 0 Å². The maximum Gasteiger partial charge on any atom is 0.221 e. The van der Waals surface area contributed by atoms with Gasteiger partial charge in [0, 0.05) is 19.5 Å². The molecule has 1 amide bonds. The number of nitrogens with zero attached hydrogens (tertiary/aromatic N) is 1. The van der Waals surface area contributed by atoms with Crippen LogP contribution in [-0.4, -0.2) is 37.0 Å². The van der Waals surface area contributed by atoms with Crippen molar-refractivity contribution in [3.05, 3.63) is 0 Å². The first-order valence-corrected chi connectivity index (χ1v) is 7.21. The van der Waals surface area contributed by atoms with Crippen molar-refractivity contribution in [3.8, 4) is 0 Å². The third-order valence-corrected chi connectivity index (χ3v) is 3.63. The maximum atomic E-state index is 11.6. The summed E-state index contributed by atoms with van der Waals surface area (Å²) in [6, 6.07) is 0. The Balaban J connectivity index is 1.99. The average molecular weight is 240 g/mol. The predicted octanol–water partition coefficient (Wildman–Crippen LogP) is 2.41. The zero-order valence-corrected chi connectivity index (χ0v) is 11.5. The fourth-order valence-corrected chi connectivity index (χ4v) is 2.24. The van der Waals surface area contributed by atoms with Gasteiger partial charge >= 0.3 is 0 Å². The summed E-state index contributed by atoms with van der Waals surface area (Å²) in [6.45, 7) is 8.63. The zero-order valence-electron chi connectivity index (χ0n) is 11.5. The van der Waals surface area contributed by atoms with Gasteiger partial charge in [-0.2, -0.15) is 0 Å². The second-order valence-corrected chi connectivity index (χ2v) is 5.33. The Morgan fingerprint density at radius 1 is 1.29 bits per heavy atom. The molecule has 0 unspecified atom stereocenters. The number of hydrogen-bond acceptors (Lipinski definition) is 2. The van der Waals surface area contributed by atoms with E-state index in [1.165, 1.54) is 38.8 Å². The Morgan fingerprint density at radius 2 is 2.00 bits per heavy atom. The van der Waals surface area contributed by atoms with E-state index in [9.17, 15) is 4.79 Å². The molecule has 0 spiro atoms. The molecule has 1 aliphatic rings. The monoisotopic (exact) mass is 240 g/mol. The van der Waals surface area contributed by atoms with Crippen molar-refractivity contribution in [1.29, 1.82) is 0 Å². The van der Waals surface area contributed by atoms with Crippen molar-refractivity contribution in [3.63, 3.8) is 0 Å². The normalized spacial score (nSPS) is 18.2. The van der Waals surface area contributed by atoms with Crippen LogP contribution in [0.1, 0.15) is 52.4 Å². The smallest absolute Gasteiger partial charge is 0.221 e. The summed E-state index contributed by atoms with van der Waals surface area (Å²) >= 11 is 0. The van der Waals surface area contributed by atoms with E-state index in [0.717, 1.165) is 25.4 Å². The molecule has 1 aliphatic heterocycles. The molecule has 0 bridgehead atoms. The first-order chi connectivity index (χ1) is 8.22. The van der Waals surface area contributed by atoms with Crippen LogP contribution in [0.5, 0.6) is 0 Å². The molecule has 17 heavy (non-hydrogen) atoms. The number of carbonyl (C=O) groups is 1. The molecule has 1 N–H and O–H groups in total. The van der Waals surface area contributed by atoms with Gasteiger partial charge in [0.15, 0.2) is 0 Å². The quantitative estimate of drug-likeness (QED) is 0.693. The largest absolute Gasteiger partial charge is 0.356 e. The summed E-state index contributed by atoms with van der Waals surface area (Å²) in [5.41, 5.74) is 0. The first kappa shape index (κ1) is 14.5. The standard InChI is InChI=1S/C14H28N2O/c1-3-4-5-9-15-14(17)8-12-16-10-6-13(2)7-11-16/h13H,3-12H2,1-2H3,(H,15,17). The molecule has 0 aromatic carbocycles. The highest BCUT2D eigenvalue weighted by Gasteiger charge is 2.15. The van der Waals surface area contributed by atoms with Crippen LogP contribution in [0.25, 0.3) is 0 Å². The van der Waals surface area contributed by atoms with Gasteiger partial charge in [0.2, 0.25) is 5.91 Å². The summed E-state index contributed by atoms with van der Waals surface area (Å²) in [7, 11) is 0. The SMILES string of the molecule is CCCCCNC(=O)CCN1CCC(C)CC1. The van der Waals surface area contributed by atoms with Crippen LogP contribution < -0.4 is 5.32 Å². The van der Waals surface area contributed by atoms with Crippen LogP contribution in [0.4, 0.5) is 0 Å². The van der Waals surface area contributed by atoms with E-state index >= 15 is 0 Å². The molecule has 1 rings (SSSR count). The van der Waals surface area contributed by atoms with E-state index in [2.05, 4.69) is 24.1 Å². The van der Waals surface area contributed by atoms with E-state index < -0.39 is 0 Å². The molecule has 1 saturated heterocycles. The highest BCUT2D eigenvalue weighted by Crippen LogP contribution is 2.15. The fourth-order valence-electron chi connectivity index (χ4n) is 2.24. The minimum Gasteiger partial charge on any atom is -0.356 e. The molecular formula is C14H28N2O. The Morgan fingerprint density at radius 3 is 2.65 bits per heavy atom. The van der Waals surface area contributed by atoms with Gasteiger partial charge in [-0.25, -0.2) is 0 Å². The molecular weight excluding hydrogens is 212 g/mol. The van der Waals surface area contributed by atoms with Crippen LogP contribution in [-0.2, 0) is 4.79 Å². The number of piperidine rings is 1. The number of hydrogen-bond donors (Lipinski definition) is 1. The van der Waals surface area contributed by atoms with Gasteiger partial charge in [0.1, 0.15) is 0 Å². The molecule has 0 atom stereocenters. The Kier molecular flexibility index (Phi) is 7.25. The molecule has 0 saturated carbocycles. The van der Waals surface area contributed by atoms with Gasteiger partial charge in [0.25, 0.3) is 0 Å². The highest BCUT2D eigenvalue weighted by molar-refractivity contribution is 5.75. The lowest BCUT2D eigenvalue weighted by molar-refractivity contribution is -0.121. The zero-order chi connectivity index (χ0) is 12.5. The minimum absolute atomic E-state index is 0.222. The van der Waals surface area contributed by atoms with Crippen LogP contribution in [0, 0.1) is 5.92 Å².